The van der Waals surface area contributed by atoms with E-state index in [4.69, 9.17) is 0 Å². The molecule has 9 heteroatoms. The number of anilines is 1. The lowest BCUT2D eigenvalue weighted by atomic mass is 9.73. The zero-order valence-electron chi connectivity index (χ0n) is 21.6. The molecule has 3 aliphatic rings. The number of amides is 1. The van der Waals surface area contributed by atoms with E-state index in [1.807, 2.05) is 18.0 Å². The van der Waals surface area contributed by atoms with E-state index in [1.165, 1.54) is 4.57 Å². The summed E-state index contributed by atoms with van der Waals surface area (Å²) in [5, 5.41) is 10.7. The maximum Gasteiger partial charge on any atom is 0.255 e. The zero-order valence-corrected chi connectivity index (χ0v) is 21.6. The van der Waals surface area contributed by atoms with Crippen molar-refractivity contribution < 1.29 is 14.7 Å². The molecule has 0 atom stereocenters. The number of likely N-dealkylation sites (tertiary alicyclic amines) is 2. The molecule has 1 N–H and O–H groups in total. The number of allylic oxidation sites excluding steroid dienone is 4. The number of aldehydes is 1. The molecule has 1 amide bonds. The molecule has 0 aromatic carbocycles. The smallest absolute Gasteiger partial charge is 0.255 e. The molecule has 0 bridgehead atoms. The lowest BCUT2D eigenvalue weighted by molar-refractivity contribution is -0.142. The maximum absolute atomic E-state index is 12.5. The zero-order chi connectivity index (χ0) is 26.3. The van der Waals surface area contributed by atoms with Gasteiger partial charge in [-0.05, 0) is 31.9 Å². The summed E-state index contributed by atoms with van der Waals surface area (Å²) in [5.74, 6) is 0.815. The van der Waals surface area contributed by atoms with Gasteiger partial charge in [-0.15, -0.1) is 0 Å². The highest BCUT2D eigenvalue weighted by Gasteiger charge is 2.53. The van der Waals surface area contributed by atoms with Crippen LogP contribution in [-0.2, 0) is 16.1 Å². The van der Waals surface area contributed by atoms with Crippen molar-refractivity contribution in [1.29, 1.82) is 0 Å². The quantitative estimate of drug-likeness (QED) is 0.431. The van der Waals surface area contributed by atoms with Crippen LogP contribution in [-0.4, -0.2) is 88.6 Å². The molecule has 0 unspecified atom stereocenters. The fraction of sp³-hybridized carbons (Fsp3) is 0.556. The minimum atomic E-state index is -0.831. The first kappa shape index (κ1) is 27.5. The van der Waals surface area contributed by atoms with E-state index in [0.717, 1.165) is 57.5 Å². The van der Waals surface area contributed by atoms with Gasteiger partial charge in [0.05, 0.1) is 18.5 Å². The SMILES string of the molecule is C=C/C=C(\C=C)CCC=O.CC(=O)N1CC2(C1)CN(c1cc(=O)n(CC3(O)CCN(C)CC3)cn1)C2. The van der Waals surface area contributed by atoms with Gasteiger partial charge < -0.3 is 24.6 Å². The predicted molar refractivity (Wildman–Crippen MR) is 141 cm³/mol. The number of piperidine rings is 1. The van der Waals surface area contributed by atoms with Gasteiger partial charge in [0.15, 0.2) is 0 Å². The van der Waals surface area contributed by atoms with Crippen LogP contribution in [0.5, 0.6) is 0 Å². The predicted octanol–water partition coefficient (Wildman–Crippen LogP) is 1.63. The van der Waals surface area contributed by atoms with Crippen molar-refractivity contribution in [2.45, 2.75) is 44.8 Å². The maximum atomic E-state index is 12.5. The number of hydrogen-bond donors (Lipinski definition) is 1. The second-order valence-electron chi connectivity index (χ2n) is 10.4. The van der Waals surface area contributed by atoms with Crippen LogP contribution in [0.25, 0.3) is 0 Å². The highest BCUT2D eigenvalue weighted by molar-refractivity contribution is 5.74. The van der Waals surface area contributed by atoms with Crippen LogP contribution in [0, 0.1) is 5.41 Å². The van der Waals surface area contributed by atoms with Gasteiger partial charge in [0.25, 0.3) is 5.56 Å². The van der Waals surface area contributed by atoms with Gasteiger partial charge in [0, 0.05) is 64.1 Å². The van der Waals surface area contributed by atoms with Gasteiger partial charge in [0.2, 0.25) is 5.91 Å². The Kier molecular flexibility index (Phi) is 9.03. The Morgan fingerprint density at radius 2 is 1.86 bits per heavy atom. The lowest BCUT2D eigenvalue weighted by Gasteiger charge is -2.60. The summed E-state index contributed by atoms with van der Waals surface area (Å²) in [6.45, 7) is 14.0. The number of rotatable bonds is 8. The Morgan fingerprint density at radius 1 is 1.19 bits per heavy atom. The number of carbonyl (C=O) groups excluding carboxylic acids is 2. The molecular weight excluding hydrogens is 458 g/mol. The summed E-state index contributed by atoms with van der Waals surface area (Å²) in [4.78, 5) is 44.3. The molecule has 9 nitrogen and oxygen atoms in total. The molecule has 1 spiro atoms. The van der Waals surface area contributed by atoms with E-state index in [2.05, 4.69) is 27.9 Å². The van der Waals surface area contributed by atoms with Gasteiger partial charge in [-0.1, -0.05) is 31.4 Å². The van der Waals surface area contributed by atoms with Gasteiger partial charge in [-0.25, -0.2) is 4.98 Å². The first-order valence-electron chi connectivity index (χ1n) is 12.5. The van der Waals surface area contributed by atoms with Crippen LogP contribution in [0.3, 0.4) is 0 Å². The van der Waals surface area contributed by atoms with Crippen LogP contribution in [0.4, 0.5) is 5.82 Å². The largest absolute Gasteiger partial charge is 0.388 e. The Bertz CT molecular complexity index is 1040. The normalized spacial score (nSPS) is 20.5. The van der Waals surface area contributed by atoms with Crippen molar-refractivity contribution in [2.24, 2.45) is 5.41 Å². The summed E-state index contributed by atoms with van der Waals surface area (Å²) in [6, 6.07) is 1.56. The van der Waals surface area contributed by atoms with Crippen LogP contribution in [0.2, 0.25) is 0 Å². The molecule has 0 radical (unpaired) electrons. The molecule has 1 aromatic rings. The summed E-state index contributed by atoms with van der Waals surface area (Å²) in [5.41, 5.74) is 0.290. The number of nitrogens with zero attached hydrogens (tertiary/aromatic N) is 5. The highest BCUT2D eigenvalue weighted by Crippen LogP contribution is 2.41. The Morgan fingerprint density at radius 3 is 2.39 bits per heavy atom. The molecule has 0 aliphatic carbocycles. The van der Waals surface area contributed by atoms with E-state index < -0.39 is 5.60 Å². The van der Waals surface area contributed by atoms with Crippen molar-refractivity contribution in [2.75, 3.05) is 51.2 Å². The third-order valence-corrected chi connectivity index (χ3v) is 7.27. The van der Waals surface area contributed by atoms with Gasteiger partial charge >= 0.3 is 0 Å². The number of aliphatic hydroxyl groups is 1. The van der Waals surface area contributed by atoms with E-state index in [9.17, 15) is 19.5 Å². The number of carbonyl (C=O) groups is 2. The minimum Gasteiger partial charge on any atom is -0.388 e. The third kappa shape index (κ3) is 6.79. The molecule has 36 heavy (non-hydrogen) atoms. The fourth-order valence-electron chi connectivity index (χ4n) is 4.96. The Hall–Kier alpha value is -3.04. The van der Waals surface area contributed by atoms with Crippen LogP contribution >= 0.6 is 0 Å². The average Bonchev–Trinajstić information content (AvgIpc) is 2.79. The second-order valence-corrected chi connectivity index (χ2v) is 10.4. The minimum absolute atomic E-state index is 0.123. The first-order chi connectivity index (χ1) is 17.1. The molecule has 196 valence electrons. The van der Waals surface area contributed by atoms with Crippen molar-refractivity contribution in [3.8, 4) is 0 Å². The van der Waals surface area contributed by atoms with Gasteiger partial charge in [-0.2, -0.15) is 0 Å². The molecule has 0 saturated carbocycles. The molecule has 3 aliphatic heterocycles. The summed E-state index contributed by atoms with van der Waals surface area (Å²) < 4.78 is 1.52. The van der Waals surface area contributed by atoms with Crippen molar-refractivity contribution >= 4 is 18.0 Å². The van der Waals surface area contributed by atoms with Crippen LogP contribution < -0.4 is 10.5 Å². The van der Waals surface area contributed by atoms with Crippen molar-refractivity contribution in [3.05, 3.63) is 59.7 Å². The Balaban J connectivity index is 0.000000308. The van der Waals surface area contributed by atoms with Crippen LogP contribution in [0.15, 0.2) is 54.1 Å². The van der Waals surface area contributed by atoms with Gasteiger partial charge in [-0.3, -0.25) is 14.2 Å². The van der Waals surface area contributed by atoms with Crippen molar-refractivity contribution in [3.63, 3.8) is 0 Å². The highest BCUT2D eigenvalue weighted by atomic mass is 16.3. The average molecular weight is 498 g/mol. The molecule has 1 aromatic heterocycles. The van der Waals surface area contributed by atoms with E-state index in [1.54, 1.807) is 31.5 Å². The molecule has 4 rings (SSSR count). The topological polar surface area (TPSA) is 99.0 Å². The Labute approximate surface area is 213 Å². The van der Waals surface area contributed by atoms with E-state index in [0.29, 0.717) is 31.6 Å². The lowest BCUT2D eigenvalue weighted by Crippen LogP contribution is -2.73. The number of hydrogen-bond acceptors (Lipinski definition) is 7. The summed E-state index contributed by atoms with van der Waals surface area (Å²) in [7, 11) is 2.04. The molecule has 3 saturated heterocycles. The molecular formula is C27H39N5O4. The van der Waals surface area contributed by atoms with E-state index >= 15 is 0 Å². The molecule has 4 heterocycles. The van der Waals surface area contributed by atoms with Crippen LogP contribution in [0.1, 0.15) is 32.6 Å². The first-order valence-corrected chi connectivity index (χ1v) is 12.5. The fourth-order valence-corrected chi connectivity index (χ4v) is 4.96. The summed E-state index contributed by atoms with van der Waals surface area (Å²) >= 11 is 0. The van der Waals surface area contributed by atoms with Crippen molar-refractivity contribution in [1.82, 2.24) is 19.4 Å². The number of aromatic nitrogens is 2. The molecule has 3 fully saturated rings. The second kappa shape index (κ2) is 11.8. The third-order valence-electron chi connectivity index (χ3n) is 7.27. The summed E-state index contributed by atoms with van der Waals surface area (Å²) in [6.07, 6.45) is 10.4. The monoisotopic (exact) mass is 497 g/mol. The van der Waals surface area contributed by atoms with Gasteiger partial charge in [0.1, 0.15) is 12.1 Å². The van der Waals surface area contributed by atoms with E-state index in [-0.39, 0.29) is 16.9 Å². The standard InChI is InChI=1S/C18H27N5O3.C9H12O/c1-14(24)21-8-17(9-21)10-22(11-17)15-7-16(25)23(13-19-15)12-18(26)3-5-20(2)6-4-18;1-3-6-9(4-2)7-5-8-10/h7,13,26H,3-6,8-12H2,1-2H3;3-4,6,8H,1-2,5,7H2/b;9-6+.